The van der Waals surface area contributed by atoms with Gasteiger partial charge in [-0.05, 0) is 56.5 Å². The van der Waals surface area contributed by atoms with Crippen LogP contribution in [0, 0.1) is 6.92 Å². The minimum atomic E-state index is -0.320. The Balaban J connectivity index is 2.28. The Bertz CT molecular complexity index is 638. The number of anilines is 2. The highest BCUT2D eigenvalue weighted by molar-refractivity contribution is 9.11. The van der Waals surface area contributed by atoms with E-state index in [1.807, 2.05) is 19.1 Å². The normalized spacial score (nSPS) is 10.2. The largest absolute Gasteiger partial charge is 0.372 e. The first-order valence-corrected chi connectivity index (χ1v) is 7.36. The summed E-state index contributed by atoms with van der Waals surface area (Å²) in [5, 5.41) is 5.65. The minimum absolute atomic E-state index is 0.247. The van der Waals surface area contributed by atoms with Crippen molar-refractivity contribution in [3.8, 4) is 0 Å². The number of aromatic nitrogens is 2. The number of nitrogens with one attached hydrogen (secondary N) is 2. The summed E-state index contributed by atoms with van der Waals surface area (Å²) in [6.07, 6.45) is 2.97. The van der Waals surface area contributed by atoms with E-state index < -0.39 is 0 Å². The number of hydrogen-bond acceptors (Lipinski definition) is 4. The highest BCUT2D eigenvalue weighted by atomic mass is 79.9. The number of nitrogens with zero attached hydrogens (tertiary/aromatic N) is 2. The highest BCUT2D eigenvalue weighted by Crippen LogP contribution is 2.32. The third-order valence-corrected chi connectivity index (χ3v) is 3.80. The van der Waals surface area contributed by atoms with E-state index >= 15 is 0 Å². The molecule has 0 atom stereocenters. The summed E-state index contributed by atoms with van der Waals surface area (Å²) in [7, 11) is 1.72. The molecule has 0 aliphatic rings. The van der Waals surface area contributed by atoms with Crippen molar-refractivity contribution in [1.82, 2.24) is 9.97 Å². The Morgan fingerprint density at radius 2 is 1.85 bits per heavy atom. The molecule has 1 amide bonds. The van der Waals surface area contributed by atoms with Crippen LogP contribution in [0.5, 0.6) is 0 Å². The van der Waals surface area contributed by atoms with Gasteiger partial charge in [0.25, 0.3) is 5.91 Å². The molecule has 20 heavy (non-hydrogen) atoms. The van der Waals surface area contributed by atoms with Gasteiger partial charge in [-0.15, -0.1) is 0 Å². The van der Waals surface area contributed by atoms with Crippen LogP contribution in [0.2, 0.25) is 0 Å². The van der Waals surface area contributed by atoms with Gasteiger partial charge in [0.1, 0.15) is 11.5 Å². The lowest BCUT2D eigenvalue weighted by Crippen LogP contribution is -2.15. The van der Waals surface area contributed by atoms with Crippen molar-refractivity contribution >= 4 is 49.3 Å². The van der Waals surface area contributed by atoms with Gasteiger partial charge in [0, 0.05) is 16.0 Å². The maximum absolute atomic E-state index is 12.2. The zero-order valence-electron chi connectivity index (χ0n) is 10.9. The first kappa shape index (κ1) is 14.9. The summed E-state index contributed by atoms with van der Waals surface area (Å²) < 4.78 is 1.60. The van der Waals surface area contributed by atoms with Crippen LogP contribution in [0.3, 0.4) is 0 Å². The molecule has 0 saturated carbocycles. The van der Waals surface area contributed by atoms with E-state index in [1.165, 1.54) is 6.20 Å². The summed E-state index contributed by atoms with van der Waals surface area (Å²) in [5.74, 6) is 0.222. The number of aryl methyl sites for hydroxylation is 1. The summed E-state index contributed by atoms with van der Waals surface area (Å²) >= 11 is 6.87. The predicted octanol–water partition coefficient (Wildman–Crippen LogP) is 3.60. The third kappa shape index (κ3) is 3.34. The molecule has 0 saturated heterocycles. The monoisotopic (exact) mass is 398 g/mol. The number of rotatable bonds is 3. The lowest BCUT2D eigenvalue weighted by atomic mass is 10.2. The van der Waals surface area contributed by atoms with Crippen molar-refractivity contribution in [3.05, 3.63) is 44.7 Å². The number of carbonyl (C=O) groups is 1. The van der Waals surface area contributed by atoms with Crippen LogP contribution in [-0.4, -0.2) is 22.9 Å². The second kappa shape index (κ2) is 6.32. The van der Waals surface area contributed by atoms with Gasteiger partial charge in [0.05, 0.1) is 18.1 Å². The van der Waals surface area contributed by atoms with E-state index in [1.54, 1.807) is 13.2 Å². The Hall–Kier alpha value is -1.47. The summed E-state index contributed by atoms with van der Waals surface area (Å²) in [6.45, 7) is 1.98. The first-order chi connectivity index (χ1) is 9.51. The molecule has 0 aliphatic carbocycles. The van der Waals surface area contributed by atoms with Crippen LogP contribution in [0.1, 0.15) is 16.1 Å². The van der Waals surface area contributed by atoms with Gasteiger partial charge >= 0.3 is 0 Å². The molecule has 0 radical (unpaired) electrons. The molecule has 1 heterocycles. The van der Waals surface area contributed by atoms with Crippen molar-refractivity contribution in [3.63, 3.8) is 0 Å². The van der Waals surface area contributed by atoms with Crippen LogP contribution >= 0.6 is 31.9 Å². The van der Waals surface area contributed by atoms with Crippen molar-refractivity contribution < 1.29 is 4.79 Å². The van der Waals surface area contributed by atoms with E-state index in [0.29, 0.717) is 11.5 Å². The molecular weight excluding hydrogens is 388 g/mol. The zero-order valence-corrected chi connectivity index (χ0v) is 14.0. The van der Waals surface area contributed by atoms with Crippen LogP contribution < -0.4 is 10.6 Å². The molecule has 1 aromatic carbocycles. The molecule has 104 valence electrons. The molecule has 0 bridgehead atoms. The van der Waals surface area contributed by atoms with Gasteiger partial charge < -0.3 is 10.6 Å². The molecule has 5 nitrogen and oxygen atoms in total. The molecule has 2 rings (SSSR count). The van der Waals surface area contributed by atoms with Crippen molar-refractivity contribution in [2.24, 2.45) is 0 Å². The smallest absolute Gasteiger partial charge is 0.276 e. The van der Waals surface area contributed by atoms with E-state index in [4.69, 9.17) is 0 Å². The fourth-order valence-corrected chi connectivity index (χ4v) is 3.21. The van der Waals surface area contributed by atoms with Gasteiger partial charge in [-0.25, -0.2) is 4.98 Å². The number of halogens is 2. The Labute approximate surface area is 133 Å². The Kier molecular flexibility index (Phi) is 4.72. The maximum atomic E-state index is 12.2. The van der Waals surface area contributed by atoms with Crippen LogP contribution in [0.4, 0.5) is 11.5 Å². The molecule has 1 aromatic heterocycles. The first-order valence-electron chi connectivity index (χ1n) is 5.78. The van der Waals surface area contributed by atoms with Gasteiger partial charge in [-0.3, -0.25) is 9.78 Å². The second-order valence-corrected chi connectivity index (χ2v) is 5.81. The molecule has 0 spiro atoms. The molecule has 0 fully saturated rings. The molecule has 0 aliphatic heterocycles. The fraction of sp³-hybridized carbons (Fsp3) is 0.154. The molecule has 0 unspecified atom stereocenters. The van der Waals surface area contributed by atoms with Crippen molar-refractivity contribution in [2.45, 2.75) is 6.92 Å². The molecular formula is C13H12Br2N4O. The zero-order chi connectivity index (χ0) is 14.7. The quantitative estimate of drug-likeness (QED) is 0.827. The molecule has 2 N–H and O–H groups in total. The van der Waals surface area contributed by atoms with Gasteiger partial charge in [-0.2, -0.15) is 0 Å². The van der Waals surface area contributed by atoms with Gasteiger partial charge in [0.15, 0.2) is 0 Å². The van der Waals surface area contributed by atoms with Gasteiger partial charge in [0.2, 0.25) is 0 Å². The topological polar surface area (TPSA) is 66.9 Å². The standard InChI is InChI=1S/C13H12Br2N4O/c1-7-3-8(14)12(9(15)4-7)19-13(20)10-5-17-6-11(16-2)18-10/h3-6H,1-2H3,(H,16,18)(H,19,20). The lowest BCUT2D eigenvalue weighted by molar-refractivity contribution is 0.102. The SMILES string of the molecule is CNc1cncc(C(=O)Nc2c(Br)cc(C)cc2Br)n1. The van der Waals surface area contributed by atoms with E-state index in [0.717, 1.165) is 14.5 Å². The van der Waals surface area contributed by atoms with Crippen molar-refractivity contribution in [2.75, 3.05) is 17.7 Å². The van der Waals surface area contributed by atoms with Crippen LogP contribution in [0.15, 0.2) is 33.5 Å². The Morgan fingerprint density at radius 3 is 2.45 bits per heavy atom. The number of amides is 1. The van der Waals surface area contributed by atoms with Gasteiger partial charge in [-0.1, -0.05) is 0 Å². The summed E-state index contributed by atoms with van der Waals surface area (Å²) in [4.78, 5) is 20.3. The van der Waals surface area contributed by atoms with Crippen molar-refractivity contribution in [1.29, 1.82) is 0 Å². The molecule has 7 heteroatoms. The number of carbonyl (C=O) groups excluding carboxylic acids is 1. The predicted molar refractivity (Wildman–Crippen MR) is 86.1 cm³/mol. The van der Waals surface area contributed by atoms with E-state index in [9.17, 15) is 4.79 Å². The average Bonchev–Trinajstić information content (AvgIpc) is 2.42. The number of hydrogen-bond donors (Lipinski definition) is 2. The lowest BCUT2D eigenvalue weighted by Gasteiger charge is -2.10. The average molecular weight is 400 g/mol. The van der Waals surface area contributed by atoms with Crippen LogP contribution in [-0.2, 0) is 0 Å². The Morgan fingerprint density at radius 1 is 1.20 bits per heavy atom. The van der Waals surface area contributed by atoms with E-state index in [-0.39, 0.29) is 11.6 Å². The summed E-state index contributed by atoms with van der Waals surface area (Å²) in [5.41, 5.74) is 1.99. The highest BCUT2D eigenvalue weighted by Gasteiger charge is 2.13. The number of benzene rings is 1. The third-order valence-electron chi connectivity index (χ3n) is 2.55. The molecule has 2 aromatic rings. The fourth-order valence-electron chi connectivity index (χ4n) is 1.59. The minimum Gasteiger partial charge on any atom is -0.372 e. The van der Waals surface area contributed by atoms with E-state index in [2.05, 4.69) is 52.5 Å². The second-order valence-electron chi connectivity index (χ2n) is 4.10. The maximum Gasteiger partial charge on any atom is 0.276 e. The van der Waals surface area contributed by atoms with Crippen LogP contribution in [0.25, 0.3) is 0 Å². The summed E-state index contributed by atoms with van der Waals surface area (Å²) in [6, 6.07) is 3.85.